The van der Waals surface area contributed by atoms with E-state index in [0.717, 1.165) is 16.3 Å². The summed E-state index contributed by atoms with van der Waals surface area (Å²) >= 11 is 2.45. The van der Waals surface area contributed by atoms with Gasteiger partial charge in [-0.1, -0.05) is 22.6 Å². The lowest BCUT2D eigenvalue weighted by Gasteiger charge is -2.30. The number of hydrogen-bond donors (Lipinski definition) is 2. The minimum atomic E-state index is -0.0399. The second-order valence-electron chi connectivity index (χ2n) is 3.04. The van der Waals surface area contributed by atoms with Crippen molar-refractivity contribution in [1.29, 1.82) is 0 Å². The van der Waals surface area contributed by atoms with Crippen LogP contribution in [0.1, 0.15) is 25.7 Å². The molecule has 0 aliphatic heterocycles. The summed E-state index contributed by atoms with van der Waals surface area (Å²) in [6.07, 6.45) is 4.14. The standard InChI is InChI=1S/C7H13IN2O/c8-6-3-5(4-6)1-2-7(11)10-9/h5-6H,1-4,9H2,(H,10,11)/t5-,6+. The van der Waals surface area contributed by atoms with Crippen LogP contribution in [0, 0.1) is 5.92 Å². The highest BCUT2D eigenvalue weighted by molar-refractivity contribution is 14.1. The summed E-state index contributed by atoms with van der Waals surface area (Å²) in [4.78, 5) is 10.7. The van der Waals surface area contributed by atoms with E-state index in [1.54, 1.807) is 0 Å². The molecular formula is C7H13IN2O. The number of hydrogen-bond acceptors (Lipinski definition) is 2. The molecule has 1 aliphatic carbocycles. The van der Waals surface area contributed by atoms with Gasteiger partial charge in [0.1, 0.15) is 0 Å². The van der Waals surface area contributed by atoms with Gasteiger partial charge in [0.25, 0.3) is 0 Å². The summed E-state index contributed by atoms with van der Waals surface area (Å²) in [7, 11) is 0. The third-order valence-corrected chi connectivity index (χ3v) is 3.14. The highest BCUT2D eigenvalue weighted by Gasteiger charge is 2.26. The molecule has 0 unspecified atom stereocenters. The fourth-order valence-electron chi connectivity index (χ4n) is 1.30. The normalized spacial score (nSPS) is 29.3. The molecule has 0 radical (unpaired) electrons. The first-order valence-corrected chi connectivity index (χ1v) is 5.10. The van der Waals surface area contributed by atoms with Crippen LogP contribution in [-0.2, 0) is 4.79 Å². The Labute approximate surface area is 80.2 Å². The van der Waals surface area contributed by atoms with Crippen molar-refractivity contribution in [3.8, 4) is 0 Å². The quantitative estimate of drug-likeness (QED) is 0.263. The van der Waals surface area contributed by atoms with Gasteiger partial charge in [-0.2, -0.15) is 0 Å². The summed E-state index contributed by atoms with van der Waals surface area (Å²) in [5.41, 5.74) is 2.14. The number of amides is 1. The Kier molecular flexibility index (Phi) is 3.58. The van der Waals surface area contributed by atoms with Crippen molar-refractivity contribution in [2.24, 2.45) is 11.8 Å². The van der Waals surface area contributed by atoms with Crippen molar-refractivity contribution >= 4 is 28.5 Å². The van der Waals surface area contributed by atoms with Gasteiger partial charge in [0.2, 0.25) is 5.91 Å². The fraction of sp³-hybridized carbons (Fsp3) is 0.857. The number of hydrazine groups is 1. The molecule has 64 valence electrons. The fourth-order valence-corrected chi connectivity index (χ4v) is 2.74. The maximum Gasteiger partial charge on any atom is 0.233 e. The van der Waals surface area contributed by atoms with Crippen molar-refractivity contribution < 1.29 is 4.79 Å². The molecule has 1 fully saturated rings. The van der Waals surface area contributed by atoms with Crippen molar-refractivity contribution in [1.82, 2.24) is 5.43 Å². The second kappa shape index (κ2) is 4.25. The van der Waals surface area contributed by atoms with Gasteiger partial charge < -0.3 is 0 Å². The Hall–Kier alpha value is 0.160. The Morgan fingerprint density at radius 2 is 2.27 bits per heavy atom. The van der Waals surface area contributed by atoms with Crippen molar-refractivity contribution in [2.45, 2.75) is 29.6 Å². The zero-order valence-electron chi connectivity index (χ0n) is 6.35. The Morgan fingerprint density at radius 3 is 2.73 bits per heavy atom. The van der Waals surface area contributed by atoms with Crippen LogP contribution >= 0.6 is 22.6 Å². The predicted molar refractivity (Wildman–Crippen MR) is 52.1 cm³/mol. The first kappa shape index (κ1) is 9.25. The number of carbonyl (C=O) groups excluding carboxylic acids is 1. The van der Waals surface area contributed by atoms with Crippen molar-refractivity contribution in [2.75, 3.05) is 0 Å². The number of alkyl halides is 1. The molecule has 3 N–H and O–H groups in total. The number of carbonyl (C=O) groups is 1. The van der Waals surface area contributed by atoms with Crippen LogP contribution in [0.15, 0.2) is 0 Å². The van der Waals surface area contributed by atoms with Crippen LogP contribution in [0.2, 0.25) is 0 Å². The SMILES string of the molecule is NNC(=O)CC[C@H]1C[C@@H](I)C1. The third-order valence-electron chi connectivity index (χ3n) is 2.12. The average molecular weight is 268 g/mol. The lowest BCUT2D eigenvalue weighted by atomic mass is 9.82. The van der Waals surface area contributed by atoms with E-state index in [0.29, 0.717) is 6.42 Å². The highest BCUT2D eigenvalue weighted by Crippen LogP contribution is 2.36. The van der Waals surface area contributed by atoms with E-state index in [4.69, 9.17) is 5.84 Å². The molecule has 1 rings (SSSR count). The average Bonchev–Trinajstić information content (AvgIpc) is 1.95. The minimum absolute atomic E-state index is 0.0399. The number of halogens is 1. The summed E-state index contributed by atoms with van der Waals surface area (Å²) < 4.78 is 0.846. The third kappa shape index (κ3) is 2.94. The first-order chi connectivity index (χ1) is 5.22. The topological polar surface area (TPSA) is 55.1 Å². The van der Waals surface area contributed by atoms with Crippen LogP contribution in [0.4, 0.5) is 0 Å². The largest absolute Gasteiger partial charge is 0.294 e. The Balaban J connectivity index is 2.00. The van der Waals surface area contributed by atoms with Crippen molar-refractivity contribution in [3.05, 3.63) is 0 Å². The molecule has 3 nitrogen and oxygen atoms in total. The van der Waals surface area contributed by atoms with Gasteiger partial charge in [-0.15, -0.1) is 0 Å². The van der Waals surface area contributed by atoms with E-state index in [1.165, 1.54) is 12.8 Å². The van der Waals surface area contributed by atoms with Gasteiger partial charge in [-0.25, -0.2) is 5.84 Å². The second-order valence-corrected chi connectivity index (χ2v) is 4.80. The van der Waals surface area contributed by atoms with Crippen LogP contribution in [-0.4, -0.2) is 9.83 Å². The molecule has 11 heavy (non-hydrogen) atoms. The molecule has 1 amide bonds. The summed E-state index contributed by atoms with van der Waals surface area (Å²) in [5.74, 6) is 5.68. The summed E-state index contributed by atoms with van der Waals surface area (Å²) in [6.45, 7) is 0. The molecule has 0 heterocycles. The van der Waals surface area contributed by atoms with Crippen molar-refractivity contribution in [3.63, 3.8) is 0 Å². The Bertz CT molecular complexity index is 145. The molecule has 0 bridgehead atoms. The molecule has 0 atom stereocenters. The van der Waals surface area contributed by atoms with E-state index in [9.17, 15) is 4.79 Å². The highest BCUT2D eigenvalue weighted by atomic mass is 127. The predicted octanol–water partition coefficient (Wildman–Crippen LogP) is 0.970. The van der Waals surface area contributed by atoms with Crippen LogP contribution in [0.3, 0.4) is 0 Å². The number of rotatable bonds is 3. The van der Waals surface area contributed by atoms with Crippen LogP contribution < -0.4 is 11.3 Å². The van der Waals surface area contributed by atoms with E-state index in [2.05, 4.69) is 28.0 Å². The lowest BCUT2D eigenvalue weighted by molar-refractivity contribution is -0.121. The monoisotopic (exact) mass is 268 g/mol. The number of nitrogens with one attached hydrogen (secondary N) is 1. The van der Waals surface area contributed by atoms with Gasteiger partial charge in [-0.3, -0.25) is 10.2 Å². The lowest BCUT2D eigenvalue weighted by Crippen LogP contribution is -2.31. The van der Waals surface area contributed by atoms with Crippen LogP contribution in [0.25, 0.3) is 0 Å². The summed E-state index contributed by atoms with van der Waals surface area (Å²) in [5, 5.41) is 0. The van der Waals surface area contributed by atoms with Gasteiger partial charge in [0.05, 0.1) is 0 Å². The van der Waals surface area contributed by atoms with Gasteiger partial charge in [0, 0.05) is 10.3 Å². The van der Waals surface area contributed by atoms with E-state index in [1.807, 2.05) is 0 Å². The Morgan fingerprint density at radius 1 is 1.64 bits per heavy atom. The zero-order valence-corrected chi connectivity index (χ0v) is 8.50. The zero-order chi connectivity index (χ0) is 8.27. The van der Waals surface area contributed by atoms with E-state index >= 15 is 0 Å². The first-order valence-electron chi connectivity index (χ1n) is 3.86. The minimum Gasteiger partial charge on any atom is -0.294 e. The molecule has 0 saturated heterocycles. The molecule has 0 aromatic rings. The maximum absolute atomic E-state index is 10.7. The van der Waals surface area contributed by atoms with E-state index < -0.39 is 0 Å². The molecule has 4 heteroatoms. The molecule has 0 spiro atoms. The molecule has 0 aromatic heterocycles. The molecule has 0 aromatic carbocycles. The molecule has 1 aliphatic rings. The van der Waals surface area contributed by atoms with E-state index in [-0.39, 0.29) is 5.91 Å². The molecule has 1 saturated carbocycles. The van der Waals surface area contributed by atoms with Crippen LogP contribution in [0.5, 0.6) is 0 Å². The van der Waals surface area contributed by atoms with Gasteiger partial charge >= 0.3 is 0 Å². The maximum atomic E-state index is 10.7. The van der Waals surface area contributed by atoms with Gasteiger partial charge in [0.15, 0.2) is 0 Å². The summed E-state index contributed by atoms with van der Waals surface area (Å²) in [6, 6.07) is 0. The molecular weight excluding hydrogens is 255 g/mol. The number of nitrogens with two attached hydrogens (primary N) is 1. The van der Waals surface area contributed by atoms with Gasteiger partial charge in [-0.05, 0) is 25.2 Å². The smallest absolute Gasteiger partial charge is 0.233 e.